The number of hydrogen-bond acceptors (Lipinski definition) is 4. The summed E-state index contributed by atoms with van der Waals surface area (Å²) in [5.41, 5.74) is 2.26. The van der Waals surface area contributed by atoms with Crippen LogP contribution in [0.25, 0.3) is 6.08 Å². The fraction of sp³-hybridized carbons (Fsp3) is 0.0952. The quantitative estimate of drug-likeness (QED) is 0.666. The van der Waals surface area contributed by atoms with Gasteiger partial charge in [0.25, 0.3) is 5.91 Å². The number of methoxy groups -OCH3 is 1. The van der Waals surface area contributed by atoms with Crippen LogP contribution in [0.15, 0.2) is 71.4 Å². The Morgan fingerprint density at radius 1 is 1.04 bits per heavy atom. The van der Waals surface area contributed by atoms with E-state index in [1.165, 1.54) is 24.1 Å². The first-order valence-electron chi connectivity index (χ1n) is 8.18. The van der Waals surface area contributed by atoms with Gasteiger partial charge in [0.1, 0.15) is 0 Å². The van der Waals surface area contributed by atoms with Crippen molar-refractivity contribution in [3.05, 3.63) is 82.6 Å². The number of hydrogen-bond donors (Lipinski definition) is 1. The van der Waals surface area contributed by atoms with Crippen molar-refractivity contribution in [3.63, 3.8) is 0 Å². The lowest BCUT2D eigenvalue weighted by molar-refractivity contribution is -0.136. The molecule has 0 unspecified atom stereocenters. The normalized spacial score (nSPS) is 15.4. The van der Waals surface area contributed by atoms with Crippen molar-refractivity contribution in [1.29, 1.82) is 0 Å². The highest BCUT2D eigenvalue weighted by atomic mass is 16.5. The number of ether oxygens (including phenoxy) is 1. The SMILES string of the molecule is COC(=O)C1=C(C)N(c2ccccc2)C(=O)/C1=C\c1ccc(C(=O)O)cc1. The fourth-order valence-corrected chi connectivity index (χ4v) is 2.96. The van der Waals surface area contributed by atoms with Gasteiger partial charge in [-0.1, -0.05) is 30.3 Å². The van der Waals surface area contributed by atoms with E-state index in [4.69, 9.17) is 9.84 Å². The molecule has 3 rings (SSSR count). The van der Waals surface area contributed by atoms with Crippen molar-refractivity contribution in [2.75, 3.05) is 12.0 Å². The number of anilines is 1. The number of allylic oxidation sites excluding steroid dienone is 1. The maximum atomic E-state index is 13.0. The van der Waals surface area contributed by atoms with Crippen LogP contribution in [0.2, 0.25) is 0 Å². The van der Waals surface area contributed by atoms with Crippen molar-refractivity contribution < 1.29 is 24.2 Å². The number of esters is 1. The zero-order valence-corrected chi connectivity index (χ0v) is 14.8. The monoisotopic (exact) mass is 363 g/mol. The second-order valence-corrected chi connectivity index (χ2v) is 5.91. The van der Waals surface area contributed by atoms with Crippen LogP contribution in [0.3, 0.4) is 0 Å². The van der Waals surface area contributed by atoms with E-state index in [9.17, 15) is 14.4 Å². The fourth-order valence-electron chi connectivity index (χ4n) is 2.96. The van der Waals surface area contributed by atoms with E-state index in [1.54, 1.807) is 49.4 Å². The van der Waals surface area contributed by atoms with Crippen molar-refractivity contribution in [2.45, 2.75) is 6.92 Å². The number of rotatable bonds is 4. The van der Waals surface area contributed by atoms with Gasteiger partial charge in [0.15, 0.2) is 0 Å². The molecule has 0 aliphatic carbocycles. The highest BCUT2D eigenvalue weighted by molar-refractivity contribution is 6.23. The van der Waals surface area contributed by atoms with Gasteiger partial charge >= 0.3 is 11.9 Å². The molecular formula is C21H17NO5. The summed E-state index contributed by atoms with van der Waals surface area (Å²) in [5, 5.41) is 9.00. The number of carboxylic acids is 1. The zero-order chi connectivity index (χ0) is 19.6. The standard InChI is InChI=1S/C21H17NO5/c1-13-18(21(26)27-2)17(12-14-8-10-15(11-9-14)20(24)25)19(23)22(13)16-6-4-3-5-7-16/h3-12H,1-2H3,(H,24,25)/b17-12-. The van der Waals surface area contributed by atoms with Gasteiger partial charge in [-0.25, -0.2) is 9.59 Å². The molecule has 0 bridgehead atoms. The number of amides is 1. The number of carboxylic acid groups (broad SMARTS) is 1. The largest absolute Gasteiger partial charge is 0.478 e. The van der Waals surface area contributed by atoms with E-state index in [0.29, 0.717) is 16.9 Å². The molecule has 1 heterocycles. The maximum absolute atomic E-state index is 13.0. The van der Waals surface area contributed by atoms with Gasteiger partial charge in [-0.2, -0.15) is 0 Å². The third-order valence-electron chi connectivity index (χ3n) is 4.27. The van der Waals surface area contributed by atoms with Gasteiger partial charge in [-0.05, 0) is 42.8 Å². The van der Waals surface area contributed by atoms with E-state index in [1.807, 2.05) is 6.07 Å². The lowest BCUT2D eigenvalue weighted by Gasteiger charge is -2.17. The molecule has 2 aromatic rings. The smallest absolute Gasteiger partial charge is 0.340 e. The lowest BCUT2D eigenvalue weighted by Crippen LogP contribution is -2.24. The van der Waals surface area contributed by atoms with Crippen LogP contribution in [0, 0.1) is 0 Å². The van der Waals surface area contributed by atoms with E-state index in [-0.39, 0.29) is 22.6 Å². The Bertz CT molecular complexity index is 971. The minimum absolute atomic E-state index is 0.140. The molecule has 1 aliphatic heterocycles. The average Bonchev–Trinajstić information content (AvgIpc) is 2.92. The molecule has 0 aromatic heterocycles. The van der Waals surface area contributed by atoms with Crippen LogP contribution in [-0.2, 0) is 14.3 Å². The van der Waals surface area contributed by atoms with Crippen molar-refractivity contribution in [2.24, 2.45) is 0 Å². The van der Waals surface area contributed by atoms with Crippen LogP contribution >= 0.6 is 0 Å². The molecule has 0 saturated carbocycles. The first kappa shape index (κ1) is 18.1. The zero-order valence-electron chi connectivity index (χ0n) is 14.8. The number of aromatic carboxylic acids is 1. The molecule has 2 aromatic carbocycles. The van der Waals surface area contributed by atoms with Crippen LogP contribution in [0.5, 0.6) is 0 Å². The van der Waals surface area contributed by atoms with Crippen LogP contribution < -0.4 is 4.90 Å². The number of carbonyl (C=O) groups excluding carboxylic acids is 2. The number of benzene rings is 2. The Labute approximate surface area is 156 Å². The second-order valence-electron chi connectivity index (χ2n) is 5.91. The molecule has 1 aliphatic rings. The van der Waals surface area contributed by atoms with Gasteiger partial charge in [-0.15, -0.1) is 0 Å². The average molecular weight is 363 g/mol. The second kappa shape index (κ2) is 7.29. The van der Waals surface area contributed by atoms with Crippen LogP contribution in [0.1, 0.15) is 22.8 Å². The number of nitrogens with zero attached hydrogens (tertiary/aromatic N) is 1. The van der Waals surface area contributed by atoms with Gasteiger partial charge in [0.2, 0.25) is 0 Å². The predicted octanol–water partition coefficient (Wildman–Crippen LogP) is 3.26. The molecule has 1 amide bonds. The lowest BCUT2D eigenvalue weighted by atomic mass is 10.0. The summed E-state index contributed by atoms with van der Waals surface area (Å²) in [5.74, 6) is -1.98. The number of carbonyl (C=O) groups is 3. The topological polar surface area (TPSA) is 83.9 Å². The summed E-state index contributed by atoms with van der Waals surface area (Å²) < 4.78 is 4.86. The minimum Gasteiger partial charge on any atom is -0.478 e. The van der Waals surface area contributed by atoms with Gasteiger partial charge in [-0.3, -0.25) is 9.69 Å². The van der Waals surface area contributed by atoms with Gasteiger partial charge in [0, 0.05) is 11.4 Å². The van der Waals surface area contributed by atoms with E-state index in [0.717, 1.165) is 0 Å². The first-order chi connectivity index (χ1) is 12.9. The molecule has 27 heavy (non-hydrogen) atoms. The van der Waals surface area contributed by atoms with Crippen LogP contribution in [-0.4, -0.2) is 30.1 Å². The Balaban J connectivity index is 2.09. The molecule has 0 radical (unpaired) electrons. The van der Waals surface area contributed by atoms with E-state index in [2.05, 4.69) is 0 Å². The third-order valence-corrected chi connectivity index (χ3v) is 4.27. The molecule has 6 heteroatoms. The molecule has 0 fully saturated rings. The van der Waals surface area contributed by atoms with Gasteiger partial charge in [0.05, 0.1) is 23.8 Å². The molecule has 0 spiro atoms. The van der Waals surface area contributed by atoms with Crippen molar-refractivity contribution in [3.8, 4) is 0 Å². The van der Waals surface area contributed by atoms with Gasteiger partial charge < -0.3 is 9.84 Å². The number of para-hydroxylation sites is 1. The summed E-state index contributed by atoms with van der Waals surface area (Å²) in [6, 6.07) is 15.1. The predicted molar refractivity (Wildman–Crippen MR) is 100 cm³/mol. The third kappa shape index (κ3) is 3.37. The molecular weight excluding hydrogens is 346 g/mol. The highest BCUT2D eigenvalue weighted by Gasteiger charge is 2.37. The minimum atomic E-state index is -1.03. The summed E-state index contributed by atoms with van der Waals surface area (Å²) in [7, 11) is 1.26. The van der Waals surface area contributed by atoms with Crippen molar-refractivity contribution >= 4 is 29.6 Å². The van der Waals surface area contributed by atoms with E-state index < -0.39 is 11.9 Å². The molecule has 6 nitrogen and oxygen atoms in total. The Morgan fingerprint density at radius 2 is 1.67 bits per heavy atom. The summed E-state index contributed by atoms with van der Waals surface area (Å²) in [4.78, 5) is 37.8. The summed E-state index contributed by atoms with van der Waals surface area (Å²) >= 11 is 0. The highest BCUT2D eigenvalue weighted by Crippen LogP contribution is 2.35. The Kier molecular flexibility index (Phi) is 4.90. The molecule has 0 saturated heterocycles. The van der Waals surface area contributed by atoms with E-state index >= 15 is 0 Å². The molecule has 0 atom stereocenters. The first-order valence-corrected chi connectivity index (χ1v) is 8.18. The Hall–Kier alpha value is -3.67. The maximum Gasteiger partial charge on any atom is 0.340 e. The summed E-state index contributed by atoms with van der Waals surface area (Å²) in [6.07, 6.45) is 1.56. The summed E-state index contributed by atoms with van der Waals surface area (Å²) in [6.45, 7) is 1.69. The molecule has 1 N–H and O–H groups in total. The molecule has 136 valence electrons. The van der Waals surface area contributed by atoms with Crippen molar-refractivity contribution in [1.82, 2.24) is 0 Å². The van der Waals surface area contributed by atoms with Crippen LogP contribution in [0.4, 0.5) is 5.69 Å². The Morgan fingerprint density at radius 3 is 2.22 bits per heavy atom.